The lowest BCUT2D eigenvalue weighted by molar-refractivity contribution is 0.0949. The van der Waals surface area contributed by atoms with Gasteiger partial charge < -0.3 is 9.64 Å². The molecule has 1 unspecified atom stereocenters. The number of sulfonamides is 1. The first-order valence-electron chi connectivity index (χ1n) is 9.19. The van der Waals surface area contributed by atoms with Gasteiger partial charge in [0.15, 0.2) is 4.91 Å². The van der Waals surface area contributed by atoms with E-state index in [1.54, 1.807) is 23.1 Å². The zero-order chi connectivity index (χ0) is 19.6. The fourth-order valence-electron chi connectivity index (χ4n) is 3.50. The Morgan fingerprint density at radius 3 is 2.30 bits per heavy atom. The van der Waals surface area contributed by atoms with Crippen LogP contribution in [0.5, 0.6) is 0 Å². The molecule has 1 heterocycles. The van der Waals surface area contributed by atoms with E-state index in [1.807, 2.05) is 13.8 Å². The summed E-state index contributed by atoms with van der Waals surface area (Å²) in [6.45, 7) is 5.15. The minimum absolute atomic E-state index is 0.0523. The first kappa shape index (κ1) is 19.7. The smallest absolute Gasteiger partial charge is 0.246 e. The Morgan fingerprint density at radius 1 is 1.11 bits per heavy atom. The van der Waals surface area contributed by atoms with Crippen molar-refractivity contribution in [2.45, 2.75) is 32.8 Å². The number of nitrogens with zero attached hydrogens (tertiary/aromatic N) is 1. The molecule has 0 spiro atoms. The number of ketones is 2. The van der Waals surface area contributed by atoms with E-state index in [2.05, 4.69) is 4.72 Å². The van der Waals surface area contributed by atoms with Crippen LogP contribution < -0.4 is 4.72 Å². The molecule has 0 amide bonds. The summed E-state index contributed by atoms with van der Waals surface area (Å²) in [5, 5.41) is 0. The predicted octanol–water partition coefficient (Wildman–Crippen LogP) is 1.72. The highest BCUT2D eigenvalue weighted by Crippen LogP contribution is 2.31. The van der Waals surface area contributed by atoms with E-state index in [-0.39, 0.29) is 29.5 Å². The first-order chi connectivity index (χ1) is 12.9. The van der Waals surface area contributed by atoms with Crippen LogP contribution in [0.2, 0.25) is 0 Å². The number of rotatable bonds is 7. The maximum Gasteiger partial charge on any atom is 0.246 e. The summed E-state index contributed by atoms with van der Waals surface area (Å²) in [5.74, 6) is -1.08. The van der Waals surface area contributed by atoms with Crippen molar-refractivity contribution < 1.29 is 22.7 Å². The minimum Gasteiger partial charge on any atom is -0.377 e. The standard InChI is InChI=1S/C19H24N2O5S/c1-3-21(4-2)16-17(22)14-9-5-6-10-15(14)18(23)19(16)27(24,25)20-12-13-8-7-11-26-13/h5-6,9-10,13,20H,3-4,7-8,11-12H2,1-2H3. The topological polar surface area (TPSA) is 92.8 Å². The Hall–Kier alpha value is -2.03. The second-order valence-electron chi connectivity index (χ2n) is 6.54. The minimum atomic E-state index is -4.17. The van der Waals surface area contributed by atoms with Gasteiger partial charge in [0, 0.05) is 37.4 Å². The van der Waals surface area contributed by atoms with Gasteiger partial charge >= 0.3 is 0 Å². The molecule has 3 rings (SSSR count). The number of benzene rings is 1. The summed E-state index contributed by atoms with van der Waals surface area (Å²) in [4.78, 5) is 27.3. The van der Waals surface area contributed by atoms with Gasteiger partial charge in [-0.1, -0.05) is 24.3 Å². The molecule has 8 heteroatoms. The van der Waals surface area contributed by atoms with E-state index in [9.17, 15) is 18.0 Å². The lowest BCUT2D eigenvalue weighted by Crippen LogP contribution is -2.41. The highest BCUT2D eigenvalue weighted by Gasteiger charge is 2.41. The van der Waals surface area contributed by atoms with Gasteiger partial charge in [0.1, 0.15) is 5.70 Å². The van der Waals surface area contributed by atoms with Crippen molar-refractivity contribution in [2.75, 3.05) is 26.2 Å². The predicted molar refractivity (Wildman–Crippen MR) is 101 cm³/mol. The third kappa shape index (κ3) is 3.69. The van der Waals surface area contributed by atoms with E-state index in [0.717, 1.165) is 12.8 Å². The van der Waals surface area contributed by atoms with Crippen LogP contribution in [0.25, 0.3) is 0 Å². The monoisotopic (exact) mass is 392 g/mol. The van der Waals surface area contributed by atoms with Crippen LogP contribution in [0.3, 0.4) is 0 Å². The fourth-order valence-corrected chi connectivity index (χ4v) is 4.88. The lowest BCUT2D eigenvalue weighted by atomic mass is 9.92. The Kier molecular flexibility index (Phi) is 5.78. The molecule has 1 saturated heterocycles. The van der Waals surface area contributed by atoms with Crippen molar-refractivity contribution in [1.82, 2.24) is 9.62 Å². The maximum absolute atomic E-state index is 13.1. The van der Waals surface area contributed by atoms with Crippen LogP contribution in [0.4, 0.5) is 0 Å². The Balaban J connectivity index is 2.07. The second kappa shape index (κ2) is 7.92. The summed E-state index contributed by atoms with van der Waals surface area (Å²) in [7, 11) is -4.17. The summed E-state index contributed by atoms with van der Waals surface area (Å²) in [5.41, 5.74) is 0.307. The Bertz CT molecular complexity index is 881. The van der Waals surface area contributed by atoms with Gasteiger partial charge in [-0.15, -0.1) is 0 Å². The molecule has 1 N–H and O–H groups in total. The maximum atomic E-state index is 13.1. The number of hydrogen-bond acceptors (Lipinski definition) is 6. The summed E-state index contributed by atoms with van der Waals surface area (Å²) in [6, 6.07) is 6.34. The van der Waals surface area contributed by atoms with Crippen LogP contribution in [0.1, 0.15) is 47.4 Å². The van der Waals surface area contributed by atoms with Crippen molar-refractivity contribution in [3.63, 3.8) is 0 Å². The summed E-state index contributed by atoms with van der Waals surface area (Å²) >= 11 is 0. The van der Waals surface area contributed by atoms with Crippen molar-refractivity contribution in [2.24, 2.45) is 0 Å². The summed E-state index contributed by atoms with van der Waals surface area (Å²) < 4.78 is 34.0. The molecule has 1 aliphatic heterocycles. The van der Waals surface area contributed by atoms with Crippen molar-refractivity contribution in [1.29, 1.82) is 0 Å². The first-order valence-corrected chi connectivity index (χ1v) is 10.7. The molecule has 0 radical (unpaired) electrons. The van der Waals surface area contributed by atoms with Gasteiger partial charge in [-0.25, -0.2) is 13.1 Å². The zero-order valence-electron chi connectivity index (χ0n) is 15.5. The van der Waals surface area contributed by atoms with Gasteiger partial charge in [-0.3, -0.25) is 9.59 Å². The molecule has 1 aromatic rings. The van der Waals surface area contributed by atoms with Gasteiger partial charge in [0.2, 0.25) is 21.6 Å². The van der Waals surface area contributed by atoms with Crippen LogP contribution in [-0.2, 0) is 14.8 Å². The van der Waals surface area contributed by atoms with E-state index >= 15 is 0 Å². The van der Waals surface area contributed by atoms with Crippen LogP contribution in [0, 0.1) is 0 Å². The molecule has 0 bridgehead atoms. The molecule has 1 atom stereocenters. The Labute approximate surface area is 159 Å². The van der Waals surface area contributed by atoms with Crippen LogP contribution >= 0.6 is 0 Å². The molecular weight excluding hydrogens is 368 g/mol. The highest BCUT2D eigenvalue weighted by atomic mass is 32.2. The number of carbonyl (C=O) groups excluding carboxylic acids is 2. The number of ether oxygens (including phenoxy) is 1. The number of fused-ring (bicyclic) bond motifs is 1. The Morgan fingerprint density at radius 2 is 1.74 bits per heavy atom. The number of nitrogens with one attached hydrogen (secondary N) is 1. The van der Waals surface area contributed by atoms with Crippen LogP contribution in [-0.4, -0.2) is 57.2 Å². The van der Waals surface area contributed by atoms with E-state index < -0.39 is 26.5 Å². The van der Waals surface area contributed by atoms with Gasteiger partial charge in [-0.2, -0.15) is 0 Å². The SMILES string of the molecule is CCN(CC)C1=C(S(=O)(=O)NCC2CCCO2)C(=O)c2ccccc2C1=O. The van der Waals surface area contributed by atoms with Crippen molar-refractivity contribution >= 4 is 21.6 Å². The summed E-state index contributed by atoms with van der Waals surface area (Å²) in [6.07, 6.45) is 1.43. The van der Waals surface area contributed by atoms with E-state index in [0.29, 0.717) is 19.7 Å². The van der Waals surface area contributed by atoms with E-state index in [1.165, 1.54) is 6.07 Å². The van der Waals surface area contributed by atoms with Gasteiger partial charge in [-0.05, 0) is 26.7 Å². The van der Waals surface area contributed by atoms with Crippen LogP contribution in [0.15, 0.2) is 34.9 Å². The highest BCUT2D eigenvalue weighted by molar-refractivity contribution is 7.94. The number of Topliss-reactive ketones (excluding diaryl/α,β-unsaturated/α-hetero) is 2. The third-order valence-corrected chi connectivity index (χ3v) is 6.39. The second-order valence-corrected chi connectivity index (χ2v) is 8.24. The number of carbonyl (C=O) groups is 2. The molecule has 146 valence electrons. The van der Waals surface area contributed by atoms with E-state index in [4.69, 9.17) is 4.74 Å². The third-order valence-electron chi connectivity index (χ3n) is 4.93. The molecule has 1 aliphatic carbocycles. The molecule has 27 heavy (non-hydrogen) atoms. The molecule has 0 saturated carbocycles. The molecule has 7 nitrogen and oxygen atoms in total. The van der Waals surface area contributed by atoms with Crippen molar-refractivity contribution in [3.05, 3.63) is 46.0 Å². The number of likely N-dealkylation sites (N-methyl/N-ethyl adjacent to an activating group) is 1. The molecule has 0 aromatic heterocycles. The quantitative estimate of drug-likeness (QED) is 0.760. The average molecular weight is 392 g/mol. The zero-order valence-corrected chi connectivity index (χ0v) is 16.3. The van der Waals surface area contributed by atoms with Crippen molar-refractivity contribution in [3.8, 4) is 0 Å². The molecule has 2 aliphatic rings. The number of allylic oxidation sites excluding steroid dienone is 2. The molecule has 1 aromatic carbocycles. The van der Waals surface area contributed by atoms with Gasteiger partial charge in [0.25, 0.3) is 0 Å². The fraction of sp³-hybridized carbons (Fsp3) is 0.474. The lowest BCUT2D eigenvalue weighted by Gasteiger charge is -2.29. The normalized spacial score (nSPS) is 20.1. The number of hydrogen-bond donors (Lipinski definition) is 1. The largest absolute Gasteiger partial charge is 0.377 e. The molecular formula is C19H24N2O5S. The molecule has 1 fully saturated rings. The van der Waals surface area contributed by atoms with Gasteiger partial charge in [0.05, 0.1) is 6.10 Å². The average Bonchev–Trinajstić information content (AvgIpc) is 3.18.